The van der Waals surface area contributed by atoms with Gasteiger partial charge in [-0.25, -0.2) is 9.18 Å². The Bertz CT molecular complexity index is 374. The molecule has 0 radical (unpaired) electrons. The Kier molecular flexibility index (Phi) is 3.65. The molecule has 1 aromatic carbocycles. The summed E-state index contributed by atoms with van der Waals surface area (Å²) in [6, 6.07) is 3.50. The van der Waals surface area contributed by atoms with E-state index < -0.39 is 11.8 Å². The molecular formula is C10H8ClFO2. The van der Waals surface area contributed by atoms with Crippen LogP contribution in [0.15, 0.2) is 24.3 Å². The number of rotatable bonds is 3. The van der Waals surface area contributed by atoms with E-state index in [1.807, 2.05) is 0 Å². The normalized spacial score (nSPS) is 10.7. The quantitative estimate of drug-likeness (QED) is 0.786. The third kappa shape index (κ3) is 2.57. The van der Waals surface area contributed by atoms with E-state index in [0.29, 0.717) is 5.56 Å². The summed E-state index contributed by atoms with van der Waals surface area (Å²) in [6.07, 6.45) is 3.04. The number of carbonyl (C=O) groups is 1. The van der Waals surface area contributed by atoms with Gasteiger partial charge < -0.3 is 5.11 Å². The van der Waals surface area contributed by atoms with Gasteiger partial charge in [-0.2, -0.15) is 0 Å². The Morgan fingerprint density at radius 3 is 2.86 bits per heavy atom. The van der Waals surface area contributed by atoms with Crippen LogP contribution in [0.5, 0.6) is 0 Å². The molecule has 14 heavy (non-hydrogen) atoms. The van der Waals surface area contributed by atoms with Crippen LogP contribution in [0.4, 0.5) is 4.39 Å². The molecule has 0 aliphatic rings. The molecule has 0 saturated carbocycles. The maximum atomic E-state index is 12.8. The zero-order chi connectivity index (χ0) is 10.6. The van der Waals surface area contributed by atoms with Crippen molar-refractivity contribution in [2.75, 3.05) is 5.88 Å². The van der Waals surface area contributed by atoms with Crippen molar-refractivity contribution >= 4 is 23.6 Å². The average molecular weight is 215 g/mol. The lowest BCUT2D eigenvalue weighted by atomic mass is 10.1. The van der Waals surface area contributed by atoms with Crippen LogP contribution in [0, 0.1) is 5.82 Å². The highest BCUT2D eigenvalue weighted by Crippen LogP contribution is 2.13. The van der Waals surface area contributed by atoms with Crippen molar-refractivity contribution in [1.29, 1.82) is 0 Å². The lowest BCUT2D eigenvalue weighted by Gasteiger charge is -2.00. The van der Waals surface area contributed by atoms with Gasteiger partial charge >= 0.3 is 5.97 Å². The molecule has 0 aliphatic carbocycles. The van der Waals surface area contributed by atoms with E-state index in [1.165, 1.54) is 12.1 Å². The fourth-order valence-electron chi connectivity index (χ4n) is 1.04. The number of allylic oxidation sites excluding steroid dienone is 1. The Balaban J connectivity index is 3.15. The second-order valence-corrected chi connectivity index (χ2v) is 2.90. The number of hydrogen-bond acceptors (Lipinski definition) is 1. The largest absolute Gasteiger partial charge is 0.478 e. The zero-order valence-corrected chi connectivity index (χ0v) is 7.96. The van der Waals surface area contributed by atoms with E-state index in [2.05, 4.69) is 0 Å². The monoisotopic (exact) mass is 214 g/mol. The number of carboxylic acid groups (broad SMARTS) is 1. The van der Waals surface area contributed by atoms with Crippen molar-refractivity contribution in [2.45, 2.75) is 0 Å². The predicted molar refractivity (Wildman–Crippen MR) is 53.1 cm³/mol. The lowest BCUT2D eigenvalue weighted by Crippen LogP contribution is -1.99. The first-order chi connectivity index (χ1) is 6.65. The van der Waals surface area contributed by atoms with Crippen LogP contribution in [0.2, 0.25) is 0 Å². The maximum absolute atomic E-state index is 12.8. The molecule has 2 nitrogen and oxygen atoms in total. The number of carboxylic acids is 1. The molecule has 0 fully saturated rings. The van der Waals surface area contributed by atoms with Gasteiger partial charge in [-0.05, 0) is 23.8 Å². The lowest BCUT2D eigenvalue weighted by molar-refractivity contribution is 0.0696. The molecule has 0 aromatic heterocycles. The minimum Gasteiger partial charge on any atom is -0.478 e. The molecule has 0 spiro atoms. The summed E-state index contributed by atoms with van der Waals surface area (Å²) in [7, 11) is 0. The molecule has 0 amide bonds. The summed E-state index contributed by atoms with van der Waals surface area (Å²) < 4.78 is 12.8. The Morgan fingerprint density at radius 1 is 1.57 bits per heavy atom. The van der Waals surface area contributed by atoms with Gasteiger partial charge in [-0.15, -0.1) is 11.6 Å². The first-order valence-electron chi connectivity index (χ1n) is 3.90. The standard InChI is InChI=1S/C10H8ClFO2/c11-5-1-2-7-6-8(12)3-4-9(7)10(13)14/h1-4,6H,5H2,(H,13,14). The van der Waals surface area contributed by atoms with Crippen molar-refractivity contribution in [3.63, 3.8) is 0 Å². The van der Waals surface area contributed by atoms with Gasteiger partial charge in [0.1, 0.15) is 5.82 Å². The Labute approximate surface area is 85.6 Å². The van der Waals surface area contributed by atoms with Gasteiger partial charge in [0.2, 0.25) is 0 Å². The molecule has 74 valence electrons. The van der Waals surface area contributed by atoms with Gasteiger partial charge in [-0.1, -0.05) is 12.2 Å². The fraction of sp³-hybridized carbons (Fsp3) is 0.100. The smallest absolute Gasteiger partial charge is 0.336 e. The van der Waals surface area contributed by atoms with Crippen LogP contribution < -0.4 is 0 Å². The highest BCUT2D eigenvalue weighted by molar-refractivity contribution is 6.19. The van der Waals surface area contributed by atoms with Crippen molar-refractivity contribution in [2.24, 2.45) is 0 Å². The van der Waals surface area contributed by atoms with Crippen LogP contribution in [-0.2, 0) is 0 Å². The van der Waals surface area contributed by atoms with Crippen LogP contribution in [0.3, 0.4) is 0 Å². The van der Waals surface area contributed by atoms with Crippen LogP contribution in [0.1, 0.15) is 15.9 Å². The fourth-order valence-corrected chi connectivity index (χ4v) is 1.13. The highest BCUT2D eigenvalue weighted by atomic mass is 35.5. The van der Waals surface area contributed by atoms with Crippen LogP contribution >= 0.6 is 11.6 Å². The summed E-state index contributed by atoms with van der Waals surface area (Å²) in [5, 5.41) is 8.77. The first-order valence-corrected chi connectivity index (χ1v) is 4.44. The molecule has 0 heterocycles. The summed E-state index contributed by atoms with van der Waals surface area (Å²) >= 11 is 5.40. The molecule has 0 saturated heterocycles. The number of hydrogen-bond donors (Lipinski definition) is 1. The summed E-state index contributed by atoms with van der Waals surface area (Å²) in [4.78, 5) is 10.7. The summed E-state index contributed by atoms with van der Waals surface area (Å²) in [6.45, 7) is 0. The number of halogens is 2. The van der Waals surface area contributed by atoms with Gasteiger partial charge in [0.05, 0.1) is 5.56 Å². The van der Waals surface area contributed by atoms with Crippen LogP contribution in [-0.4, -0.2) is 17.0 Å². The van der Waals surface area contributed by atoms with Crippen molar-refractivity contribution in [3.8, 4) is 0 Å². The molecule has 0 unspecified atom stereocenters. The molecule has 1 rings (SSSR count). The predicted octanol–water partition coefficient (Wildman–Crippen LogP) is 2.78. The van der Waals surface area contributed by atoms with Crippen molar-refractivity contribution in [1.82, 2.24) is 0 Å². The highest BCUT2D eigenvalue weighted by Gasteiger charge is 2.07. The van der Waals surface area contributed by atoms with Crippen molar-refractivity contribution < 1.29 is 14.3 Å². The third-order valence-corrected chi connectivity index (χ3v) is 1.81. The summed E-state index contributed by atoms with van der Waals surface area (Å²) in [5.74, 6) is -1.29. The Morgan fingerprint density at radius 2 is 2.29 bits per heavy atom. The van der Waals surface area contributed by atoms with E-state index in [0.717, 1.165) is 12.1 Å². The molecule has 4 heteroatoms. The van der Waals surface area contributed by atoms with E-state index in [4.69, 9.17) is 16.7 Å². The average Bonchev–Trinajstić information content (AvgIpc) is 2.14. The molecule has 1 aromatic rings. The van der Waals surface area contributed by atoms with Crippen molar-refractivity contribution in [3.05, 3.63) is 41.2 Å². The molecule has 1 N–H and O–H groups in total. The van der Waals surface area contributed by atoms with Gasteiger partial charge in [0.15, 0.2) is 0 Å². The van der Waals surface area contributed by atoms with E-state index in [-0.39, 0.29) is 11.4 Å². The minimum atomic E-state index is -1.08. The van der Waals surface area contributed by atoms with Gasteiger partial charge in [0.25, 0.3) is 0 Å². The van der Waals surface area contributed by atoms with E-state index in [1.54, 1.807) is 6.08 Å². The van der Waals surface area contributed by atoms with Gasteiger partial charge in [0, 0.05) is 5.88 Å². The maximum Gasteiger partial charge on any atom is 0.336 e. The number of aromatic carboxylic acids is 1. The topological polar surface area (TPSA) is 37.3 Å². The minimum absolute atomic E-state index is 0.0627. The first kappa shape index (κ1) is 10.7. The second-order valence-electron chi connectivity index (χ2n) is 2.59. The molecule has 0 bridgehead atoms. The number of benzene rings is 1. The van der Waals surface area contributed by atoms with E-state index >= 15 is 0 Å². The van der Waals surface area contributed by atoms with Gasteiger partial charge in [-0.3, -0.25) is 0 Å². The SMILES string of the molecule is O=C(O)c1ccc(F)cc1C=CCCl. The Hall–Kier alpha value is -1.35. The van der Waals surface area contributed by atoms with E-state index in [9.17, 15) is 9.18 Å². The zero-order valence-electron chi connectivity index (χ0n) is 7.21. The summed E-state index contributed by atoms with van der Waals surface area (Å²) in [5.41, 5.74) is 0.380. The molecule has 0 atom stereocenters. The molecule has 0 aliphatic heterocycles. The third-order valence-electron chi connectivity index (χ3n) is 1.63. The van der Waals surface area contributed by atoms with Crippen LogP contribution in [0.25, 0.3) is 6.08 Å². The number of alkyl halides is 1. The second kappa shape index (κ2) is 4.77. The molecular weight excluding hydrogens is 207 g/mol.